The Morgan fingerprint density at radius 1 is 0.889 bits per heavy atom. The van der Waals surface area contributed by atoms with Gasteiger partial charge in [0.25, 0.3) is 0 Å². The molecule has 2 amide bonds. The van der Waals surface area contributed by atoms with Crippen LogP contribution in [0.25, 0.3) is 16.5 Å². The summed E-state index contributed by atoms with van der Waals surface area (Å²) in [6, 6.07) is 28.6. The van der Waals surface area contributed by atoms with E-state index in [9.17, 15) is 4.79 Å². The lowest BCUT2D eigenvalue weighted by Gasteiger charge is -2.14. The zero-order valence-corrected chi connectivity index (χ0v) is 21.3. The van der Waals surface area contributed by atoms with Crippen molar-refractivity contribution in [2.24, 2.45) is 0 Å². The van der Waals surface area contributed by atoms with Gasteiger partial charge in [-0.1, -0.05) is 102 Å². The third-order valence-corrected chi connectivity index (χ3v) is 7.06. The highest BCUT2D eigenvalue weighted by Crippen LogP contribution is 2.31. The number of halogens is 2. The first kappa shape index (κ1) is 24.2. The van der Waals surface area contributed by atoms with E-state index in [0.29, 0.717) is 32.5 Å². The van der Waals surface area contributed by atoms with Gasteiger partial charge in [-0.3, -0.25) is 4.57 Å². The van der Waals surface area contributed by atoms with E-state index < -0.39 is 0 Å². The number of fused-ring (bicyclic) bond motifs is 1. The molecule has 36 heavy (non-hydrogen) atoms. The van der Waals surface area contributed by atoms with Crippen molar-refractivity contribution in [3.8, 4) is 5.69 Å². The van der Waals surface area contributed by atoms with E-state index >= 15 is 0 Å². The average Bonchev–Trinajstić information content (AvgIpc) is 3.31. The van der Waals surface area contributed by atoms with Gasteiger partial charge in [-0.15, -0.1) is 10.2 Å². The second kappa shape index (κ2) is 11.0. The molecule has 4 aromatic carbocycles. The molecule has 1 aromatic heterocycles. The summed E-state index contributed by atoms with van der Waals surface area (Å²) in [7, 11) is 0. The number of hydrogen-bond acceptors (Lipinski definition) is 4. The highest BCUT2D eigenvalue weighted by atomic mass is 35.5. The molecule has 0 saturated heterocycles. The minimum atomic E-state index is -0.350. The molecule has 2 N–H and O–H groups in total. The van der Waals surface area contributed by atoms with Crippen LogP contribution < -0.4 is 10.6 Å². The van der Waals surface area contributed by atoms with Crippen molar-refractivity contribution in [3.63, 3.8) is 0 Å². The van der Waals surface area contributed by atoms with E-state index in [1.54, 1.807) is 18.2 Å². The van der Waals surface area contributed by atoms with Gasteiger partial charge in [0.2, 0.25) is 0 Å². The molecule has 0 unspecified atom stereocenters. The van der Waals surface area contributed by atoms with Crippen molar-refractivity contribution < 1.29 is 4.79 Å². The quantitative estimate of drug-likeness (QED) is 0.214. The highest BCUT2D eigenvalue weighted by molar-refractivity contribution is 7.98. The Bertz CT molecular complexity index is 1520. The molecule has 0 spiro atoms. The summed E-state index contributed by atoms with van der Waals surface area (Å²) < 4.78 is 1.83. The second-order valence-electron chi connectivity index (χ2n) is 7.94. The van der Waals surface area contributed by atoms with Gasteiger partial charge >= 0.3 is 6.03 Å². The number of nitrogens with zero attached hydrogens (tertiary/aromatic N) is 3. The Labute approximate surface area is 222 Å². The first-order valence-electron chi connectivity index (χ1n) is 11.2. The summed E-state index contributed by atoms with van der Waals surface area (Å²) in [5.41, 5.74) is 2.53. The Kier molecular flexibility index (Phi) is 7.41. The van der Waals surface area contributed by atoms with Crippen LogP contribution in [-0.4, -0.2) is 20.8 Å². The van der Waals surface area contributed by atoms with Crippen LogP contribution in [0, 0.1) is 0 Å². The molecule has 5 rings (SSSR count). The average molecular weight is 534 g/mol. The number of nitrogens with one attached hydrogen (secondary N) is 2. The number of amides is 2. The molecule has 9 heteroatoms. The number of rotatable bonds is 7. The summed E-state index contributed by atoms with van der Waals surface area (Å²) in [5, 5.41) is 18.2. The fraction of sp³-hybridized carbons (Fsp3) is 0.0741. The number of benzene rings is 4. The standard InChI is InChI=1S/C27H21Cl2N5OS/c28-20-13-14-22(29)24(15-20)34-25(32-33-27(34)36-17-18-7-2-1-3-8-18)16-30-26(35)31-23-12-6-10-19-9-4-5-11-21(19)23/h1-15H,16-17H2,(H2,30,31,35). The lowest BCUT2D eigenvalue weighted by molar-refractivity contribution is 0.251. The monoisotopic (exact) mass is 533 g/mol. The fourth-order valence-electron chi connectivity index (χ4n) is 3.79. The van der Waals surface area contributed by atoms with Crippen molar-refractivity contribution in [3.05, 3.63) is 112 Å². The summed E-state index contributed by atoms with van der Waals surface area (Å²) in [4.78, 5) is 12.8. The van der Waals surface area contributed by atoms with Gasteiger partial charge in [-0.05, 0) is 35.2 Å². The number of carbonyl (C=O) groups excluding carboxylic acids is 1. The Hall–Kier alpha value is -3.52. The fourth-order valence-corrected chi connectivity index (χ4v) is 5.08. The molecule has 0 aliphatic rings. The smallest absolute Gasteiger partial charge is 0.319 e. The molecule has 0 saturated carbocycles. The van der Waals surface area contributed by atoms with Crippen molar-refractivity contribution in [1.82, 2.24) is 20.1 Å². The van der Waals surface area contributed by atoms with E-state index in [1.165, 1.54) is 11.8 Å². The van der Waals surface area contributed by atoms with Crippen LogP contribution in [-0.2, 0) is 12.3 Å². The SMILES string of the molecule is O=C(NCc1nnc(SCc2ccccc2)n1-c1cc(Cl)ccc1Cl)Nc1cccc2ccccc12. The van der Waals surface area contributed by atoms with E-state index in [4.69, 9.17) is 23.2 Å². The largest absolute Gasteiger partial charge is 0.331 e. The second-order valence-corrected chi connectivity index (χ2v) is 9.72. The minimum absolute atomic E-state index is 0.137. The maximum atomic E-state index is 12.8. The third-order valence-electron chi connectivity index (χ3n) is 5.51. The van der Waals surface area contributed by atoms with Crippen LogP contribution >= 0.6 is 35.0 Å². The molecule has 0 bridgehead atoms. The summed E-state index contributed by atoms with van der Waals surface area (Å²) in [6.07, 6.45) is 0. The van der Waals surface area contributed by atoms with Gasteiger partial charge in [0.05, 0.1) is 22.9 Å². The zero-order valence-electron chi connectivity index (χ0n) is 19.0. The van der Waals surface area contributed by atoms with Crippen molar-refractivity contribution >= 4 is 57.5 Å². The molecule has 1 heterocycles. The first-order valence-corrected chi connectivity index (χ1v) is 12.9. The lowest BCUT2D eigenvalue weighted by Crippen LogP contribution is -2.29. The van der Waals surface area contributed by atoms with Crippen LogP contribution in [0.4, 0.5) is 10.5 Å². The lowest BCUT2D eigenvalue weighted by atomic mass is 10.1. The molecule has 180 valence electrons. The molecular formula is C27H21Cl2N5OS. The number of urea groups is 1. The van der Waals surface area contributed by atoms with Crippen LogP contribution in [0.15, 0.2) is 96.2 Å². The zero-order chi connectivity index (χ0) is 24.9. The topological polar surface area (TPSA) is 71.8 Å². The third kappa shape index (κ3) is 5.49. The predicted octanol–water partition coefficient (Wildman–Crippen LogP) is 7.34. The minimum Gasteiger partial charge on any atom is -0.331 e. The Morgan fingerprint density at radius 3 is 2.53 bits per heavy atom. The van der Waals surface area contributed by atoms with Gasteiger partial charge in [0.15, 0.2) is 11.0 Å². The number of thioether (sulfide) groups is 1. The van der Waals surface area contributed by atoms with E-state index in [1.807, 2.05) is 65.2 Å². The molecule has 0 aliphatic carbocycles. The maximum absolute atomic E-state index is 12.8. The highest BCUT2D eigenvalue weighted by Gasteiger charge is 2.18. The van der Waals surface area contributed by atoms with Gasteiger partial charge < -0.3 is 10.6 Å². The molecule has 6 nitrogen and oxygen atoms in total. The van der Waals surface area contributed by atoms with E-state index in [2.05, 4.69) is 33.0 Å². The maximum Gasteiger partial charge on any atom is 0.319 e. The molecular weight excluding hydrogens is 513 g/mol. The number of aromatic nitrogens is 3. The van der Waals surface area contributed by atoms with Crippen LogP contribution in [0.3, 0.4) is 0 Å². The number of carbonyl (C=O) groups is 1. The van der Waals surface area contributed by atoms with Crippen LogP contribution in [0.1, 0.15) is 11.4 Å². The Balaban J connectivity index is 1.38. The van der Waals surface area contributed by atoms with Gasteiger partial charge in [0.1, 0.15) is 0 Å². The summed E-state index contributed by atoms with van der Waals surface area (Å²) in [6.45, 7) is 0.137. The molecule has 5 aromatic rings. The van der Waals surface area contributed by atoms with Crippen molar-refractivity contribution in [1.29, 1.82) is 0 Å². The van der Waals surface area contributed by atoms with Gasteiger partial charge in [-0.2, -0.15) is 0 Å². The first-order chi connectivity index (χ1) is 17.6. The van der Waals surface area contributed by atoms with Crippen molar-refractivity contribution in [2.75, 3.05) is 5.32 Å². The summed E-state index contributed by atoms with van der Waals surface area (Å²) in [5.74, 6) is 1.23. The van der Waals surface area contributed by atoms with Gasteiger partial charge in [-0.25, -0.2) is 4.79 Å². The van der Waals surface area contributed by atoms with Crippen LogP contribution in [0.2, 0.25) is 10.0 Å². The van der Waals surface area contributed by atoms with E-state index in [0.717, 1.165) is 22.0 Å². The normalized spacial score (nSPS) is 10.9. The number of hydrogen-bond donors (Lipinski definition) is 2. The number of anilines is 1. The molecule has 0 radical (unpaired) electrons. The molecule has 0 fully saturated rings. The summed E-state index contributed by atoms with van der Waals surface area (Å²) >= 11 is 14.3. The van der Waals surface area contributed by atoms with Crippen molar-refractivity contribution in [2.45, 2.75) is 17.5 Å². The van der Waals surface area contributed by atoms with Gasteiger partial charge in [0, 0.05) is 16.2 Å². The molecule has 0 atom stereocenters. The Morgan fingerprint density at radius 2 is 1.67 bits per heavy atom. The van der Waals surface area contributed by atoms with Crippen LogP contribution in [0.5, 0.6) is 0 Å². The van der Waals surface area contributed by atoms with E-state index in [-0.39, 0.29) is 12.6 Å². The predicted molar refractivity (Wildman–Crippen MR) is 147 cm³/mol. The molecule has 0 aliphatic heterocycles.